The molecule has 0 aliphatic rings. The van der Waals surface area contributed by atoms with Gasteiger partial charge in [-0.2, -0.15) is 0 Å². The number of ether oxygens (including phenoxy) is 1. The Labute approximate surface area is 131 Å². The molecule has 3 nitrogen and oxygen atoms in total. The summed E-state index contributed by atoms with van der Waals surface area (Å²) in [5.41, 5.74) is 1.15. The van der Waals surface area contributed by atoms with Gasteiger partial charge in [-0.25, -0.2) is 4.98 Å². The van der Waals surface area contributed by atoms with E-state index in [-0.39, 0.29) is 0 Å². The van der Waals surface area contributed by atoms with Crippen LogP contribution in [-0.2, 0) is 6.54 Å². The van der Waals surface area contributed by atoms with Crippen LogP contribution in [-0.4, -0.2) is 17.6 Å². The Hall–Kier alpha value is -1.39. The fraction of sp³-hybridized carbons (Fsp3) is 0.471. The van der Waals surface area contributed by atoms with Gasteiger partial charge in [0.1, 0.15) is 10.8 Å². The van der Waals surface area contributed by atoms with Gasteiger partial charge >= 0.3 is 0 Å². The maximum atomic E-state index is 5.60. The maximum Gasteiger partial charge on any atom is 0.123 e. The summed E-state index contributed by atoms with van der Waals surface area (Å²) in [6.07, 6.45) is 4.14. The third kappa shape index (κ3) is 4.83. The number of rotatable bonds is 8. The molecular weight excluding hydrogens is 280 g/mol. The van der Waals surface area contributed by atoms with Crippen LogP contribution in [0.3, 0.4) is 0 Å². The Morgan fingerprint density at radius 1 is 1.24 bits per heavy atom. The minimum atomic E-state index is 0.547. The zero-order chi connectivity index (χ0) is 15.1. The summed E-state index contributed by atoms with van der Waals surface area (Å²) in [6, 6.07) is 8.74. The van der Waals surface area contributed by atoms with Gasteiger partial charge in [-0.05, 0) is 44.0 Å². The molecule has 1 aromatic carbocycles. The largest absolute Gasteiger partial charge is 0.494 e. The van der Waals surface area contributed by atoms with Crippen LogP contribution in [0.5, 0.6) is 5.75 Å². The first kappa shape index (κ1) is 16.0. The fourth-order valence-electron chi connectivity index (χ4n) is 1.86. The second kappa shape index (κ2) is 8.15. The van der Waals surface area contributed by atoms with Gasteiger partial charge in [-0.3, -0.25) is 0 Å². The molecule has 4 heteroatoms. The van der Waals surface area contributed by atoms with Gasteiger partial charge in [-0.1, -0.05) is 13.8 Å². The highest BCUT2D eigenvalue weighted by molar-refractivity contribution is 7.15. The van der Waals surface area contributed by atoms with Crippen molar-refractivity contribution in [2.45, 2.75) is 46.2 Å². The molecule has 0 bridgehead atoms. The molecule has 1 unspecified atom stereocenters. The summed E-state index contributed by atoms with van der Waals surface area (Å²) < 4.78 is 5.60. The van der Waals surface area contributed by atoms with Crippen molar-refractivity contribution in [1.82, 2.24) is 10.3 Å². The lowest BCUT2D eigenvalue weighted by molar-refractivity contribution is 0.317. The molecule has 2 rings (SSSR count). The first-order chi connectivity index (χ1) is 10.2. The van der Waals surface area contributed by atoms with E-state index in [9.17, 15) is 0 Å². The van der Waals surface area contributed by atoms with E-state index in [1.54, 1.807) is 11.3 Å². The van der Waals surface area contributed by atoms with Gasteiger partial charge in [0, 0.05) is 29.2 Å². The molecule has 0 aliphatic heterocycles. The molecule has 0 radical (unpaired) electrons. The van der Waals surface area contributed by atoms with Gasteiger partial charge in [0.15, 0.2) is 0 Å². The molecule has 0 saturated heterocycles. The molecular formula is C17H24N2OS. The molecule has 0 spiro atoms. The summed E-state index contributed by atoms with van der Waals surface area (Å²) in [6.45, 7) is 8.17. The highest BCUT2D eigenvalue weighted by Gasteiger charge is 2.06. The highest BCUT2D eigenvalue weighted by Crippen LogP contribution is 2.27. The van der Waals surface area contributed by atoms with E-state index in [2.05, 4.69) is 43.2 Å². The zero-order valence-corrected chi connectivity index (χ0v) is 13.9. The standard InChI is InChI=1S/C17H24N2OS/c1-4-10-20-15-8-6-14(7-9-15)17-19-12-16(21-17)11-18-13(3)5-2/h6-9,12-13,18H,4-5,10-11H2,1-3H3. The van der Waals surface area contributed by atoms with Crippen LogP contribution in [0.2, 0.25) is 0 Å². The molecule has 114 valence electrons. The van der Waals surface area contributed by atoms with Crippen molar-refractivity contribution in [2.75, 3.05) is 6.61 Å². The Kier molecular flexibility index (Phi) is 6.21. The number of aromatic nitrogens is 1. The van der Waals surface area contributed by atoms with Crippen molar-refractivity contribution in [3.63, 3.8) is 0 Å². The van der Waals surface area contributed by atoms with E-state index in [4.69, 9.17) is 4.74 Å². The van der Waals surface area contributed by atoms with Crippen molar-refractivity contribution in [3.05, 3.63) is 35.3 Å². The van der Waals surface area contributed by atoms with E-state index in [1.165, 1.54) is 4.88 Å². The van der Waals surface area contributed by atoms with E-state index >= 15 is 0 Å². The molecule has 1 heterocycles. The van der Waals surface area contributed by atoms with Crippen LogP contribution >= 0.6 is 11.3 Å². The average molecular weight is 304 g/mol. The molecule has 0 amide bonds. The van der Waals surface area contributed by atoms with Crippen molar-refractivity contribution in [1.29, 1.82) is 0 Å². The smallest absolute Gasteiger partial charge is 0.123 e. The van der Waals surface area contributed by atoms with Crippen molar-refractivity contribution in [2.24, 2.45) is 0 Å². The third-order valence-corrected chi connectivity index (χ3v) is 4.41. The SMILES string of the molecule is CCCOc1ccc(-c2ncc(CNC(C)CC)s2)cc1. The molecule has 1 N–H and O–H groups in total. The molecule has 21 heavy (non-hydrogen) atoms. The minimum absolute atomic E-state index is 0.547. The Morgan fingerprint density at radius 3 is 2.67 bits per heavy atom. The minimum Gasteiger partial charge on any atom is -0.494 e. The number of hydrogen-bond acceptors (Lipinski definition) is 4. The molecule has 1 aromatic heterocycles. The predicted octanol–water partition coefficient (Wildman–Crippen LogP) is 4.49. The van der Waals surface area contributed by atoms with Gasteiger partial charge in [0.25, 0.3) is 0 Å². The van der Waals surface area contributed by atoms with Gasteiger partial charge < -0.3 is 10.1 Å². The predicted molar refractivity (Wildman–Crippen MR) is 89.9 cm³/mol. The lowest BCUT2D eigenvalue weighted by atomic mass is 10.2. The Bertz CT molecular complexity index is 536. The lowest BCUT2D eigenvalue weighted by Crippen LogP contribution is -2.23. The van der Waals surface area contributed by atoms with Crippen molar-refractivity contribution >= 4 is 11.3 Å². The maximum absolute atomic E-state index is 5.60. The monoisotopic (exact) mass is 304 g/mol. The van der Waals surface area contributed by atoms with Gasteiger partial charge in [0.2, 0.25) is 0 Å². The van der Waals surface area contributed by atoms with Crippen LogP contribution in [0.4, 0.5) is 0 Å². The quantitative estimate of drug-likeness (QED) is 0.780. The highest BCUT2D eigenvalue weighted by atomic mass is 32.1. The Morgan fingerprint density at radius 2 is 2.00 bits per heavy atom. The first-order valence-corrected chi connectivity index (χ1v) is 8.45. The van der Waals surface area contributed by atoms with E-state index in [0.717, 1.165) is 42.3 Å². The first-order valence-electron chi connectivity index (χ1n) is 7.64. The van der Waals surface area contributed by atoms with Crippen molar-refractivity contribution in [3.8, 4) is 16.3 Å². The number of nitrogens with one attached hydrogen (secondary N) is 1. The van der Waals surface area contributed by atoms with Crippen molar-refractivity contribution < 1.29 is 4.74 Å². The van der Waals surface area contributed by atoms with E-state index in [1.807, 2.05) is 18.3 Å². The summed E-state index contributed by atoms with van der Waals surface area (Å²) in [7, 11) is 0. The Balaban J connectivity index is 1.97. The van der Waals surface area contributed by atoms with E-state index < -0.39 is 0 Å². The van der Waals surface area contributed by atoms with E-state index in [0.29, 0.717) is 6.04 Å². The number of thiazole rings is 1. The van der Waals surface area contributed by atoms with Crippen LogP contribution in [0.1, 0.15) is 38.5 Å². The topological polar surface area (TPSA) is 34.1 Å². The normalized spacial score (nSPS) is 12.3. The molecule has 1 atom stereocenters. The second-order valence-electron chi connectivity index (χ2n) is 5.19. The number of hydrogen-bond donors (Lipinski definition) is 1. The summed E-state index contributed by atoms with van der Waals surface area (Å²) in [4.78, 5) is 5.79. The molecule has 0 saturated carbocycles. The van der Waals surface area contributed by atoms with Crippen LogP contribution in [0, 0.1) is 0 Å². The van der Waals surface area contributed by atoms with Gasteiger partial charge in [0.05, 0.1) is 6.61 Å². The second-order valence-corrected chi connectivity index (χ2v) is 6.31. The summed E-state index contributed by atoms with van der Waals surface area (Å²) >= 11 is 1.75. The number of nitrogens with zero attached hydrogens (tertiary/aromatic N) is 1. The zero-order valence-electron chi connectivity index (χ0n) is 13.1. The summed E-state index contributed by atoms with van der Waals surface area (Å²) in [5.74, 6) is 0.927. The molecule has 2 aromatic rings. The molecule has 0 aliphatic carbocycles. The average Bonchev–Trinajstić information content (AvgIpc) is 3.00. The molecule has 0 fully saturated rings. The van der Waals surface area contributed by atoms with Crippen LogP contribution in [0.25, 0.3) is 10.6 Å². The summed E-state index contributed by atoms with van der Waals surface area (Å²) in [5, 5.41) is 4.56. The lowest BCUT2D eigenvalue weighted by Gasteiger charge is -2.08. The fourth-order valence-corrected chi connectivity index (χ4v) is 2.72. The van der Waals surface area contributed by atoms with Gasteiger partial charge in [-0.15, -0.1) is 11.3 Å². The van der Waals surface area contributed by atoms with Crippen LogP contribution < -0.4 is 10.1 Å². The number of benzene rings is 1. The third-order valence-electron chi connectivity index (χ3n) is 3.36. The van der Waals surface area contributed by atoms with Crippen LogP contribution in [0.15, 0.2) is 30.5 Å².